The van der Waals surface area contributed by atoms with Gasteiger partial charge in [0, 0.05) is 26.7 Å². The third-order valence-electron chi connectivity index (χ3n) is 3.81. The summed E-state index contributed by atoms with van der Waals surface area (Å²) < 4.78 is 32.5. The Morgan fingerprint density at radius 1 is 1.46 bits per heavy atom. The molecule has 2 rings (SSSR count). The van der Waals surface area contributed by atoms with Gasteiger partial charge in [0.25, 0.3) is 10.0 Å². The van der Waals surface area contributed by atoms with Gasteiger partial charge in [0.1, 0.15) is 9.81 Å². The average Bonchev–Trinajstić information content (AvgIpc) is 3.00. The van der Waals surface area contributed by atoms with Gasteiger partial charge in [-0.1, -0.05) is 6.07 Å². The molecule has 1 fully saturated rings. The molecule has 8 heteroatoms. The summed E-state index contributed by atoms with van der Waals surface area (Å²) in [6.45, 7) is 6.95. The van der Waals surface area contributed by atoms with E-state index in [1.54, 1.807) is 24.6 Å². The first-order valence-corrected chi connectivity index (χ1v) is 10.4. The molecule has 1 atom stereocenters. The smallest absolute Gasteiger partial charge is 0.410 e. The SMILES string of the molecule is CN(C[C@H]1CCCN(S(=O)(=O)c2cccs2)C1)C(=O)OC(C)(C)C. The molecule has 136 valence electrons. The molecule has 0 aromatic carbocycles. The van der Waals surface area contributed by atoms with Crippen molar-refractivity contribution in [1.82, 2.24) is 9.21 Å². The maximum atomic E-state index is 12.6. The first-order valence-electron chi connectivity index (χ1n) is 8.07. The highest BCUT2D eigenvalue weighted by atomic mass is 32.2. The number of hydrogen-bond acceptors (Lipinski definition) is 5. The van der Waals surface area contributed by atoms with E-state index in [-0.39, 0.29) is 12.0 Å². The van der Waals surface area contributed by atoms with Gasteiger partial charge < -0.3 is 9.64 Å². The summed E-state index contributed by atoms with van der Waals surface area (Å²) in [6, 6.07) is 3.38. The van der Waals surface area contributed by atoms with Crippen molar-refractivity contribution in [3.05, 3.63) is 17.5 Å². The van der Waals surface area contributed by atoms with Crippen LogP contribution in [0, 0.1) is 5.92 Å². The number of piperidine rings is 1. The minimum absolute atomic E-state index is 0.117. The maximum absolute atomic E-state index is 12.6. The molecular weight excluding hydrogens is 348 g/mol. The summed E-state index contributed by atoms with van der Waals surface area (Å²) in [5, 5.41) is 1.77. The van der Waals surface area contributed by atoms with Gasteiger partial charge in [0.2, 0.25) is 0 Å². The Balaban J connectivity index is 1.97. The molecule has 1 aromatic heterocycles. The monoisotopic (exact) mass is 374 g/mol. The van der Waals surface area contributed by atoms with Crippen LogP contribution >= 0.6 is 11.3 Å². The second kappa shape index (κ2) is 7.41. The van der Waals surface area contributed by atoms with Crippen LogP contribution in [-0.2, 0) is 14.8 Å². The Kier molecular flexibility index (Phi) is 5.93. The molecule has 0 N–H and O–H groups in total. The quantitative estimate of drug-likeness (QED) is 0.812. The lowest BCUT2D eigenvalue weighted by molar-refractivity contribution is 0.0258. The lowest BCUT2D eigenvalue weighted by Gasteiger charge is -2.34. The Hall–Kier alpha value is -1.12. The molecule has 0 bridgehead atoms. The van der Waals surface area contributed by atoms with E-state index in [4.69, 9.17) is 4.74 Å². The first kappa shape index (κ1) is 19.2. The van der Waals surface area contributed by atoms with Crippen molar-refractivity contribution < 1.29 is 17.9 Å². The number of rotatable bonds is 4. The number of carbonyl (C=O) groups is 1. The standard InChI is InChI=1S/C16H26N2O4S2/c1-16(2,3)22-15(19)17(4)11-13-7-5-9-18(12-13)24(20,21)14-8-6-10-23-14/h6,8,10,13H,5,7,9,11-12H2,1-4H3/t13-/m1/s1. The molecule has 24 heavy (non-hydrogen) atoms. The molecule has 1 aromatic rings. The summed E-state index contributed by atoms with van der Waals surface area (Å²) in [5.74, 6) is 0.117. The molecule has 1 aliphatic rings. The lowest BCUT2D eigenvalue weighted by Crippen LogP contribution is -2.44. The van der Waals surface area contributed by atoms with Crippen LogP contribution in [0.2, 0.25) is 0 Å². The Labute approximate surface area is 148 Å². The van der Waals surface area contributed by atoms with Crippen LogP contribution in [0.25, 0.3) is 0 Å². The van der Waals surface area contributed by atoms with Crippen molar-refractivity contribution >= 4 is 27.5 Å². The zero-order valence-corrected chi connectivity index (χ0v) is 16.3. The van der Waals surface area contributed by atoms with E-state index < -0.39 is 15.6 Å². The van der Waals surface area contributed by atoms with Crippen LogP contribution in [0.3, 0.4) is 0 Å². The summed E-state index contributed by atoms with van der Waals surface area (Å²) in [5.41, 5.74) is -0.535. The van der Waals surface area contributed by atoms with Crippen LogP contribution in [0.5, 0.6) is 0 Å². The van der Waals surface area contributed by atoms with Gasteiger partial charge in [-0.2, -0.15) is 4.31 Å². The van der Waals surface area contributed by atoms with Gasteiger partial charge in [-0.3, -0.25) is 0 Å². The highest BCUT2D eigenvalue weighted by Crippen LogP contribution is 2.26. The van der Waals surface area contributed by atoms with Gasteiger partial charge in [0.15, 0.2) is 0 Å². The van der Waals surface area contributed by atoms with Crippen molar-refractivity contribution in [3.63, 3.8) is 0 Å². The normalized spacial score (nSPS) is 19.9. The summed E-state index contributed by atoms with van der Waals surface area (Å²) in [6.07, 6.45) is 1.34. The van der Waals surface area contributed by atoms with Crippen LogP contribution in [-0.4, -0.2) is 56.0 Å². The van der Waals surface area contributed by atoms with E-state index in [1.807, 2.05) is 20.8 Å². The highest BCUT2D eigenvalue weighted by Gasteiger charge is 2.32. The van der Waals surface area contributed by atoms with Crippen LogP contribution in [0.4, 0.5) is 4.79 Å². The van der Waals surface area contributed by atoms with Crippen molar-refractivity contribution in [2.75, 3.05) is 26.7 Å². The summed E-state index contributed by atoms with van der Waals surface area (Å²) >= 11 is 1.24. The molecule has 0 unspecified atom stereocenters. The average molecular weight is 375 g/mol. The van der Waals surface area contributed by atoms with E-state index in [9.17, 15) is 13.2 Å². The highest BCUT2D eigenvalue weighted by molar-refractivity contribution is 7.91. The number of carbonyl (C=O) groups excluding carboxylic acids is 1. The van der Waals surface area contributed by atoms with Crippen LogP contribution < -0.4 is 0 Å². The third-order valence-corrected chi connectivity index (χ3v) is 7.05. The molecule has 1 amide bonds. The van der Waals surface area contributed by atoms with Gasteiger partial charge in [-0.15, -0.1) is 11.3 Å². The maximum Gasteiger partial charge on any atom is 0.410 e. The first-order chi connectivity index (χ1) is 11.1. The van der Waals surface area contributed by atoms with Crippen molar-refractivity contribution in [2.45, 2.75) is 43.4 Å². The second-order valence-corrected chi connectivity index (χ2v) is 10.3. The van der Waals surface area contributed by atoms with Crippen molar-refractivity contribution in [2.24, 2.45) is 5.92 Å². The Bertz CT molecular complexity index is 650. The number of ether oxygens (including phenoxy) is 1. The number of sulfonamides is 1. The summed E-state index contributed by atoms with van der Waals surface area (Å²) in [7, 11) is -1.72. The predicted octanol–water partition coefficient (Wildman–Crippen LogP) is 3.02. The molecule has 0 aliphatic carbocycles. The molecule has 0 saturated carbocycles. The van der Waals surface area contributed by atoms with E-state index >= 15 is 0 Å². The fourth-order valence-corrected chi connectivity index (χ4v) is 5.43. The zero-order chi connectivity index (χ0) is 18.0. The van der Waals surface area contributed by atoms with E-state index in [0.29, 0.717) is 23.8 Å². The van der Waals surface area contributed by atoms with E-state index in [0.717, 1.165) is 12.8 Å². The number of nitrogens with zero attached hydrogens (tertiary/aromatic N) is 2. The fraction of sp³-hybridized carbons (Fsp3) is 0.688. The van der Waals surface area contributed by atoms with Crippen LogP contribution in [0.15, 0.2) is 21.7 Å². The third kappa shape index (κ3) is 4.94. The minimum Gasteiger partial charge on any atom is -0.444 e. The number of hydrogen-bond donors (Lipinski definition) is 0. The van der Waals surface area contributed by atoms with Crippen molar-refractivity contribution in [1.29, 1.82) is 0 Å². The van der Waals surface area contributed by atoms with Gasteiger partial charge in [-0.05, 0) is 51.0 Å². The molecule has 0 spiro atoms. The topological polar surface area (TPSA) is 66.9 Å². The molecule has 6 nitrogen and oxygen atoms in total. The van der Waals surface area contributed by atoms with E-state index in [1.165, 1.54) is 20.5 Å². The molecular formula is C16H26N2O4S2. The van der Waals surface area contributed by atoms with Gasteiger partial charge in [0.05, 0.1) is 0 Å². The van der Waals surface area contributed by atoms with Gasteiger partial charge >= 0.3 is 6.09 Å². The molecule has 0 radical (unpaired) electrons. The molecule has 1 aliphatic heterocycles. The van der Waals surface area contributed by atoms with Crippen LogP contribution in [0.1, 0.15) is 33.6 Å². The largest absolute Gasteiger partial charge is 0.444 e. The Morgan fingerprint density at radius 2 is 2.17 bits per heavy atom. The number of thiophene rings is 1. The minimum atomic E-state index is -3.42. The van der Waals surface area contributed by atoms with Gasteiger partial charge in [-0.25, -0.2) is 13.2 Å². The lowest BCUT2D eigenvalue weighted by atomic mass is 9.99. The van der Waals surface area contributed by atoms with E-state index in [2.05, 4.69) is 0 Å². The molecule has 1 saturated heterocycles. The predicted molar refractivity (Wildman–Crippen MR) is 94.7 cm³/mol. The van der Waals surface area contributed by atoms with Crippen molar-refractivity contribution in [3.8, 4) is 0 Å². The number of amides is 1. The fourth-order valence-electron chi connectivity index (χ4n) is 2.73. The summed E-state index contributed by atoms with van der Waals surface area (Å²) in [4.78, 5) is 13.6. The zero-order valence-electron chi connectivity index (χ0n) is 14.7. The molecule has 2 heterocycles. The second-order valence-electron chi connectivity index (χ2n) is 7.16. The Morgan fingerprint density at radius 3 is 2.75 bits per heavy atom.